The molecule has 0 bridgehead atoms. The standard InChI is InChI=1S/C16H25NO2/c1-5-13-6-8-14(9-7-13)16(3,4)15(19)17-12(2)10-11-18/h6-9,12,18H,5,10-11H2,1-4H3,(H,17,19). The molecule has 3 nitrogen and oxygen atoms in total. The Morgan fingerprint density at radius 2 is 1.89 bits per heavy atom. The van der Waals surface area contributed by atoms with Crippen LogP contribution in [0.3, 0.4) is 0 Å². The quantitative estimate of drug-likeness (QED) is 0.828. The minimum Gasteiger partial charge on any atom is -0.396 e. The maximum atomic E-state index is 12.3. The summed E-state index contributed by atoms with van der Waals surface area (Å²) in [5, 5.41) is 11.8. The molecule has 0 fully saturated rings. The number of aliphatic hydroxyl groups excluding tert-OH is 1. The Morgan fingerprint density at radius 3 is 2.37 bits per heavy atom. The number of aryl methyl sites for hydroxylation is 1. The van der Waals surface area contributed by atoms with Gasteiger partial charge in [-0.15, -0.1) is 0 Å². The van der Waals surface area contributed by atoms with Crippen molar-refractivity contribution in [2.75, 3.05) is 6.61 Å². The maximum Gasteiger partial charge on any atom is 0.230 e. The second-order valence-corrected chi connectivity index (χ2v) is 5.56. The second kappa shape index (κ2) is 6.71. The maximum absolute atomic E-state index is 12.3. The number of hydrogen-bond acceptors (Lipinski definition) is 2. The van der Waals surface area contributed by atoms with E-state index in [-0.39, 0.29) is 18.6 Å². The summed E-state index contributed by atoms with van der Waals surface area (Å²) in [7, 11) is 0. The largest absolute Gasteiger partial charge is 0.396 e. The first-order chi connectivity index (χ1) is 8.91. The molecule has 1 atom stereocenters. The van der Waals surface area contributed by atoms with Gasteiger partial charge in [-0.2, -0.15) is 0 Å². The van der Waals surface area contributed by atoms with Crippen LogP contribution >= 0.6 is 0 Å². The normalized spacial score (nSPS) is 13.1. The van der Waals surface area contributed by atoms with Gasteiger partial charge in [-0.05, 0) is 44.7 Å². The molecule has 0 saturated carbocycles. The molecule has 1 aromatic rings. The van der Waals surface area contributed by atoms with E-state index < -0.39 is 5.41 Å². The fraction of sp³-hybridized carbons (Fsp3) is 0.562. The third-order valence-electron chi connectivity index (χ3n) is 3.59. The lowest BCUT2D eigenvalue weighted by Crippen LogP contribution is -2.44. The molecule has 2 N–H and O–H groups in total. The summed E-state index contributed by atoms with van der Waals surface area (Å²) in [5.74, 6) is -0.00213. The molecule has 1 aromatic carbocycles. The van der Waals surface area contributed by atoms with E-state index >= 15 is 0 Å². The highest BCUT2D eigenvalue weighted by atomic mass is 16.3. The van der Waals surface area contributed by atoms with Gasteiger partial charge in [0.1, 0.15) is 0 Å². The topological polar surface area (TPSA) is 49.3 Å². The number of carbonyl (C=O) groups is 1. The SMILES string of the molecule is CCc1ccc(C(C)(C)C(=O)NC(C)CCO)cc1. The number of rotatable bonds is 6. The smallest absolute Gasteiger partial charge is 0.230 e. The molecule has 0 aliphatic heterocycles. The fourth-order valence-corrected chi connectivity index (χ4v) is 1.96. The number of carbonyl (C=O) groups excluding carboxylic acids is 1. The van der Waals surface area contributed by atoms with Crippen LogP contribution in [0.15, 0.2) is 24.3 Å². The Kier molecular flexibility index (Phi) is 5.55. The molecule has 19 heavy (non-hydrogen) atoms. The first kappa shape index (κ1) is 15.7. The summed E-state index contributed by atoms with van der Waals surface area (Å²) in [6.07, 6.45) is 1.58. The van der Waals surface area contributed by atoms with E-state index in [4.69, 9.17) is 5.11 Å². The van der Waals surface area contributed by atoms with Crippen molar-refractivity contribution in [3.63, 3.8) is 0 Å². The van der Waals surface area contributed by atoms with Gasteiger partial charge in [-0.1, -0.05) is 31.2 Å². The van der Waals surface area contributed by atoms with Gasteiger partial charge in [-0.25, -0.2) is 0 Å². The summed E-state index contributed by atoms with van der Waals surface area (Å²) >= 11 is 0. The Morgan fingerprint density at radius 1 is 1.32 bits per heavy atom. The first-order valence-electron chi connectivity index (χ1n) is 6.93. The summed E-state index contributed by atoms with van der Waals surface area (Å²) in [6.45, 7) is 7.96. The zero-order chi connectivity index (χ0) is 14.5. The Balaban J connectivity index is 2.80. The van der Waals surface area contributed by atoms with Gasteiger partial charge < -0.3 is 10.4 Å². The lowest BCUT2D eigenvalue weighted by atomic mass is 9.83. The third-order valence-corrected chi connectivity index (χ3v) is 3.59. The average Bonchev–Trinajstić information content (AvgIpc) is 2.39. The van der Waals surface area contributed by atoms with Gasteiger partial charge in [0.15, 0.2) is 0 Å². The van der Waals surface area contributed by atoms with Crippen LogP contribution in [0.1, 0.15) is 45.2 Å². The van der Waals surface area contributed by atoms with Gasteiger partial charge in [0.25, 0.3) is 0 Å². The molecule has 1 amide bonds. The Bertz CT molecular complexity index is 409. The predicted molar refractivity (Wildman–Crippen MR) is 78.2 cm³/mol. The van der Waals surface area contributed by atoms with Gasteiger partial charge in [0, 0.05) is 12.6 Å². The molecule has 0 spiro atoms. The van der Waals surface area contributed by atoms with Crippen molar-refractivity contribution in [2.45, 2.75) is 52.0 Å². The Hall–Kier alpha value is -1.35. The van der Waals surface area contributed by atoms with Gasteiger partial charge in [0.05, 0.1) is 5.41 Å². The lowest BCUT2D eigenvalue weighted by Gasteiger charge is -2.26. The zero-order valence-electron chi connectivity index (χ0n) is 12.4. The number of aliphatic hydroxyl groups is 1. The highest BCUT2D eigenvalue weighted by molar-refractivity contribution is 5.87. The van der Waals surface area contributed by atoms with Crippen molar-refractivity contribution >= 4 is 5.91 Å². The van der Waals surface area contributed by atoms with E-state index in [2.05, 4.69) is 24.4 Å². The van der Waals surface area contributed by atoms with Crippen molar-refractivity contribution in [1.29, 1.82) is 0 Å². The molecule has 0 aliphatic rings. The van der Waals surface area contributed by atoms with Crippen LogP contribution in [0.4, 0.5) is 0 Å². The molecule has 0 saturated heterocycles. The summed E-state index contributed by atoms with van der Waals surface area (Å²) in [6, 6.07) is 8.18. The molecule has 106 valence electrons. The summed E-state index contributed by atoms with van der Waals surface area (Å²) in [4.78, 5) is 12.3. The van der Waals surface area contributed by atoms with Crippen LogP contribution in [-0.2, 0) is 16.6 Å². The molecule has 0 heterocycles. The number of amides is 1. The van der Waals surface area contributed by atoms with Crippen molar-refractivity contribution in [1.82, 2.24) is 5.32 Å². The van der Waals surface area contributed by atoms with Crippen molar-refractivity contribution in [3.8, 4) is 0 Å². The fourth-order valence-electron chi connectivity index (χ4n) is 1.96. The molecular formula is C16H25NO2. The first-order valence-corrected chi connectivity index (χ1v) is 6.93. The number of nitrogens with one attached hydrogen (secondary N) is 1. The van der Waals surface area contributed by atoms with E-state index in [9.17, 15) is 4.79 Å². The predicted octanol–water partition coefficient (Wildman–Crippen LogP) is 2.41. The molecule has 0 radical (unpaired) electrons. The molecule has 1 rings (SSSR count). The summed E-state index contributed by atoms with van der Waals surface area (Å²) in [5.41, 5.74) is 1.72. The Labute approximate surface area is 116 Å². The molecule has 1 unspecified atom stereocenters. The van der Waals surface area contributed by atoms with Crippen LogP contribution in [0.5, 0.6) is 0 Å². The second-order valence-electron chi connectivity index (χ2n) is 5.56. The molecule has 3 heteroatoms. The summed E-state index contributed by atoms with van der Waals surface area (Å²) < 4.78 is 0. The van der Waals surface area contributed by atoms with Crippen LogP contribution in [0.25, 0.3) is 0 Å². The van der Waals surface area contributed by atoms with Crippen molar-refractivity contribution in [2.24, 2.45) is 0 Å². The number of benzene rings is 1. The van der Waals surface area contributed by atoms with E-state index in [1.165, 1.54) is 5.56 Å². The minimum atomic E-state index is -0.560. The third kappa shape index (κ3) is 4.06. The van der Waals surface area contributed by atoms with E-state index in [0.29, 0.717) is 6.42 Å². The van der Waals surface area contributed by atoms with Gasteiger partial charge >= 0.3 is 0 Å². The molecule has 0 aromatic heterocycles. The highest BCUT2D eigenvalue weighted by Crippen LogP contribution is 2.24. The molecule has 0 aliphatic carbocycles. The van der Waals surface area contributed by atoms with Crippen LogP contribution < -0.4 is 5.32 Å². The van der Waals surface area contributed by atoms with Crippen LogP contribution in [0.2, 0.25) is 0 Å². The monoisotopic (exact) mass is 263 g/mol. The average molecular weight is 263 g/mol. The van der Waals surface area contributed by atoms with E-state index in [1.807, 2.05) is 32.9 Å². The van der Waals surface area contributed by atoms with Gasteiger partial charge in [-0.3, -0.25) is 4.79 Å². The van der Waals surface area contributed by atoms with E-state index in [1.54, 1.807) is 0 Å². The molecular weight excluding hydrogens is 238 g/mol. The van der Waals surface area contributed by atoms with Crippen molar-refractivity contribution < 1.29 is 9.90 Å². The van der Waals surface area contributed by atoms with Gasteiger partial charge in [0.2, 0.25) is 5.91 Å². The number of hydrogen-bond donors (Lipinski definition) is 2. The van der Waals surface area contributed by atoms with Crippen molar-refractivity contribution in [3.05, 3.63) is 35.4 Å². The van der Waals surface area contributed by atoms with Crippen LogP contribution in [-0.4, -0.2) is 23.7 Å². The minimum absolute atomic E-state index is 0.00213. The van der Waals surface area contributed by atoms with E-state index in [0.717, 1.165) is 12.0 Å². The highest BCUT2D eigenvalue weighted by Gasteiger charge is 2.30. The van der Waals surface area contributed by atoms with Crippen LogP contribution in [0, 0.1) is 0 Å². The zero-order valence-corrected chi connectivity index (χ0v) is 12.4. The lowest BCUT2D eigenvalue weighted by molar-refractivity contribution is -0.126.